The molecule has 4 aromatic heterocycles. The Morgan fingerprint density at radius 2 is 0.593 bits per heavy atom. The second-order valence-electron chi connectivity index (χ2n) is 26.9. The van der Waals surface area contributed by atoms with Crippen LogP contribution in [0.2, 0.25) is 0 Å². The first-order chi connectivity index (χ1) is 53.3. The maximum absolute atomic E-state index is 9.61. The zero-order valence-corrected chi connectivity index (χ0v) is 59.9. The van der Waals surface area contributed by atoms with Crippen molar-refractivity contribution in [3.63, 3.8) is 0 Å². The van der Waals surface area contributed by atoms with Gasteiger partial charge in [-0.2, -0.15) is 0 Å². The highest BCUT2D eigenvalue weighted by Crippen LogP contribution is 2.46. The molecule has 0 bridgehead atoms. The lowest BCUT2D eigenvalue weighted by molar-refractivity contribution is 0.426. The molecule has 0 fully saturated rings. The van der Waals surface area contributed by atoms with E-state index in [0.717, 1.165) is 82.9 Å². The number of hydrogen-bond acceptors (Lipinski definition) is 8. The van der Waals surface area contributed by atoms with Crippen molar-refractivity contribution in [2.75, 3.05) is 0 Å². The minimum atomic E-state index is -1.56. The lowest BCUT2D eigenvalue weighted by atomic mass is 9.79. The number of rotatable bonds is 12. The lowest BCUT2D eigenvalue weighted by Gasteiger charge is -2.17. The van der Waals surface area contributed by atoms with Crippen LogP contribution < -0.4 is 5.46 Å². The van der Waals surface area contributed by atoms with Crippen LogP contribution in [0.25, 0.3) is 188 Å². The first-order valence-corrected chi connectivity index (χ1v) is 36.7. The van der Waals surface area contributed by atoms with Gasteiger partial charge in [-0.3, -0.25) is 9.97 Å². The average Bonchev–Trinajstić information content (AvgIpc) is 0.729. The molecule has 2 N–H and O–H groups in total. The van der Waals surface area contributed by atoms with Gasteiger partial charge in [0, 0.05) is 73.8 Å². The molecule has 508 valence electrons. The number of aromatic nitrogens is 6. The molecule has 20 aromatic rings. The van der Waals surface area contributed by atoms with Crippen LogP contribution >= 0.6 is 15.9 Å². The van der Waals surface area contributed by atoms with Gasteiger partial charge >= 0.3 is 7.12 Å². The summed E-state index contributed by atoms with van der Waals surface area (Å²) in [5.74, 6) is 1.20. The second-order valence-corrected chi connectivity index (χ2v) is 27.7. The third kappa shape index (κ3) is 13.2. The van der Waals surface area contributed by atoms with Crippen molar-refractivity contribution >= 4 is 93.1 Å². The van der Waals surface area contributed by atoms with Crippen LogP contribution in [0.4, 0.5) is 0 Å². The maximum Gasteiger partial charge on any atom is 0.488 e. The minimum Gasteiger partial charge on any atom is -0.423 e. The van der Waals surface area contributed by atoms with Gasteiger partial charge in [0.2, 0.25) is 0 Å². The highest BCUT2D eigenvalue weighted by molar-refractivity contribution is 9.10. The summed E-state index contributed by atoms with van der Waals surface area (Å²) in [4.78, 5) is 28.6. The van der Waals surface area contributed by atoms with Crippen molar-refractivity contribution in [1.29, 1.82) is 0 Å². The quantitative estimate of drug-likeness (QED) is 0.0917. The number of pyridine rings is 2. The minimum absolute atomic E-state index is 0.390. The fraction of sp³-hybridized carbons (Fsp3) is 0. The van der Waals surface area contributed by atoms with Gasteiger partial charge in [0.05, 0.1) is 22.8 Å². The smallest absolute Gasteiger partial charge is 0.423 e. The fourth-order valence-corrected chi connectivity index (χ4v) is 15.6. The van der Waals surface area contributed by atoms with Crippen molar-refractivity contribution in [3.05, 3.63) is 381 Å². The molecule has 0 radical (unpaired) electrons. The van der Waals surface area contributed by atoms with Crippen LogP contribution in [0.1, 0.15) is 0 Å². The normalized spacial score (nSPS) is 11.3. The summed E-state index contributed by atoms with van der Waals surface area (Å²) >= 11 is 3.74. The van der Waals surface area contributed by atoms with E-state index in [0.29, 0.717) is 22.7 Å². The van der Waals surface area contributed by atoms with Gasteiger partial charge < -0.3 is 10.0 Å². The van der Waals surface area contributed by atoms with E-state index in [9.17, 15) is 10.0 Å². The van der Waals surface area contributed by atoms with E-state index < -0.39 is 7.12 Å². The predicted molar refractivity (Wildman–Crippen MR) is 451 cm³/mol. The van der Waals surface area contributed by atoms with Gasteiger partial charge in [0.25, 0.3) is 0 Å². The topological polar surface area (TPSA) is 118 Å². The molecule has 0 unspecified atom stereocenters. The summed E-state index contributed by atoms with van der Waals surface area (Å²) in [7, 11) is -1.56. The largest absolute Gasteiger partial charge is 0.488 e. The molecule has 0 saturated heterocycles. The third-order valence-electron chi connectivity index (χ3n) is 20.2. The Morgan fingerprint density at radius 3 is 1.08 bits per heavy atom. The van der Waals surface area contributed by atoms with Crippen molar-refractivity contribution in [2.45, 2.75) is 0 Å². The molecule has 0 aliphatic rings. The molecule has 108 heavy (non-hydrogen) atoms. The van der Waals surface area contributed by atoms with Crippen LogP contribution in [-0.4, -0.2) is 47.1 Å². The van der Waals surface area contributed by atoms with Crippen molar-refractivity contribution in [1.82, 2.24) is 29.9 Å². The lowest BCUT2D eigenvalue weighted by Crippen LogP contribution is -2.29. The Hall–Kier alpha value is -13.5. The van der Waals surface area contributed by atoms with Gasteiger partial charge in [0.15, 0.2) is 11.6 Å². The summed E-state index contributed by atoms with van der Waals surface area (Å²) in [6.07, 6.45) is 7.29. The monoisotopic (exact) mass is 1450 g/mol. The molecular formula is C98H64BBrN6O2. The average molecular weight is 1450 g/mol. The Kier molecular flexibility index (Phi) is 18.0. The zero-order valence-electron chi connectivity index (χ0n) is 58.3. The van der Waals surface area contributed by atoms with Crippen molar-refractivity contribution < 1.29 is 10.0 Å². The molecule has 0 atom stereocenters. The Balaban J connectivity index is 0.000000125. The molecule has 0 aliphatic heterocycles. The number of halogens is 1. The van der Waals surface area contributed by atoms with E-state index in [-0.39, 0.29) is 0 Å². The van der Waals surface area contributed by atoms with Crippen LogP contribution in [0, 0.1) is 0 Å². The molecule has 0 aliphatic carbocycles. The number of benzene rings is 16. The van der Waals surface area contributed by atoms with Crippen LogP contribution in [-0.2, 0) is 0 Å². The molecule has 0 saturated carbocycles. The maximum atomic E-state index is 9.61. The third-order valence-corrected chi connectivity index (χ3v) is 20.8. The van der Waals surface area contributed by atoms with Gasteiger partial charge in [-0.15, -0.1) is 0 Å². The van der Waals surface area contributed by atoms with E-state index in [1.165, 1.54) is 92.5 Å². The first kappa shape index (κ1) is 66.5. The molecule has 0 amide bonds. The van der Waals surface area contributed by atoms with Crippen molar-refractivity contribution in [2.24, 2.45) is 0 Å². The fourth-order valence-electron chi connectivity index (χ4n) is 15.0. The molecule has 8 nitrogen and oxygen atoms in total. The SMILES string of the molecule is Brc1cc2ccc(-c3ccccc3)c3ccc4cccc1c4c23.OB(O)c1cccc(-c2nc(-c3ccccc3)cc(-c3cccc(-c4cccnc4)c3)n2)c1.c1ccc(-c2cc(-c3cccc(-c4cccnc4)c3)nc(-c3cccc(-c4cc5ccc(-c6ccccc6)c6ccc7cccc4c7c56)c3)n2)cc1. The van der Waals surface area contributed by atoms with Gasteiger partial charge in [0.1, 0.15) is 0 Å². The summed E-state index contributed by atoms with van der Waals surface area (Å²) < 4.78 is 1.16. The second kappa shape index (κ2) is 29.2. The van der Waals surface area contributed by atoms with E-state index >= 15 is 0 Å². The highest BCUT2D eigenvalue weighted by atomic mass is 79.9. The number of hydrogen-bond donors (Lipinski definition) is 2. The van der Waals surface area contributed by atoms with Crippen LogP contribution in [0.3, 0.4) is 0 Å². The van der Waals surface area contributed by atoms with Crippen LogP contribution in [0.5, 0.6) is 0 Å². The van der Waals surface area contributed by atoms with Crippen molar-refractivity contribution in [3.8, 4) is 123 Å². The summed E-state index contributed by atoms with van der Waals surface area (Å²) in [6, 6.07) is 122. The molecule has 0 spiro atoms. The molecule has 16 aromatic carbocycles. The van der Waals surface area contributed by atoms with E-state index in [1.807, 2.05) is 97.3 Å². The Morgan fingerprint density at radius 1 is 0.231 bits per heavy atom. The molecule has 4 heterocycles. The van der Waals surface area contributed by atoms with Crippen LogP contribution in [0.15, 0.2) is 381 Å². The van der Waals surface area contributed by atoms with Gasteiger partial charge in [-0.05, 0) is 169 Å². The summed E-state index contributed by atoms with van der Waals surface area (Å²) in [5.41, 5.74) is 21.0. The molecule has 10 heteroatoms. The summed E-state index contributed by atoms with van der Waals surface area (Å²) in [5, 5.41) is 34.7. The molecular weight excluding hydrogens is 1380 g/mol. The zero-order chi connectivity index (χ0) is 72.4. The molecule has 20 rings (SSSR count). The highest BCUT2D eigenvalue weighted by Gasteiger charge is 2.21. The van der Waals surface area contributed by atoms with E-state index in [2.05, 4.69) is 275 Å². The standard InChI is InChI=1S/C49H31N3.C27H20BN3O2.C22H13Br/c1-3-11-32(12-4-1)41-24-23-38-29-44(42-21-9-15-34-22-25-43(41)48(38)47(34)42)36-17-8-19-39(28-36)49-51-45(33-13-5-2-6-14-33)30-46(52-49)37-18-7-16-35(27-37)40-20-10-26-50-31-40;32-28(33)24-13-5-11-22(16-24)27-30-25(19-7-2-1-3-8-19)17-26(31-27)21-10-4-9-20(15-21)23-12-6-14-29-18-23;23-20-13-16-10-11-17(14-5-2-1-3-6-14)18-12-9-15-7-4-8-19(20)21(15)22(16)18/h1-31H;1-18,32-33H;1-13H. The Bertz CT molecular complexity index is 6660. The number of nitrogens with zero attached hydrogens (tertiary/aromatic N) is 6. The first-order valence-electron chi connectivity index (χ1n) is 35.9. The van der Waals surface area contributed by atoms with Gasteiger partial charge in [-0.1, -0.05) is 313 Å². The van der Waals surface area contributed by atoms with E-state index in [4.69, 9.17) is 19.9 Å². The summed E-state index contributed by atoms with van der Waals surface area (Å²) in [6.45, 7) is 0. The predicted octanol–water partition coefficient (Wildman–Crippen LogP) is 24.0. The van der Waals surface area contributed by atoms with E-state index in [1.54, 1.807) is 30.6 Å². The Labute approximate surface area is 633 Å². The van der Waals surface area contributed by atoms with Gasteiger partial charge in [-0.25, -0.2) is 19.9 Å².